The molecule has 2 rings (SSSR count). The molecule has 1 N–H and O–H groups in total. The number of hydrogen-bond acceptors (Lipinski definition) is 4. The first-order chi connectivity index (χ1) is 9.61. The van der Waals surface area contributed by atoms with Crippen LogP contribution in [0.3, 0.4) is 0 Å². The maximum absolute atomic E-state index is 12.0. The van der Waals surface area contributed by atoms with Gasteiger partial charge in [-0.25, -0.2) is 4.79 Å². The molecule has 1 fully saturated rings. The van der Waals surface area contributed by atoms with Crippen molar-refractivity contribution in [3.05, 3.63) is 33.2 Å². The highest BCUT2D eigenvalue weighted by atomic mass is 16.5. The highest BCUT2D eigenvalue weighted by Gasteiger charge is 2.18. The van der Waals surface area contributed by atoms with E-state index in [0.717, 1.165) is 12.8 Å². The number of rotatable bonds is 3. The number of aryl methyl sites for hydroxylation is 1. The second-order valence-corrected chi connectivity index (χ2v) is 5.27. The fourth-order valence-electron chi connectivity index (χ4n) is 2.54. The number of hydrogen-bond donors (Lipinski definition) is 1. The van der Waals surface area contributed by atoms with Crippen LogP contribution in [0.5, 0.6) is 0 Å². The molecule has 0 amide bonds. The molecule has 0 bridgehead atoms. The number of carbonyl (C=O) groups excluding carboxylic acids is 1. The molecule has 0 radical (unpaired) electrons. The zero-order chi connectivity index (χ0) is 14.5. The van der Waals surface area contributed by atoms with E-state index in [1.54, 1.807) is 13.0 Å². The Morgan fingerprint density at radius 2 is 2.15 bits per heavy atom. The number of aromatic nitrogens is 1. The van der Waals surface area contributed by atoms with Gasteiger partial charge >= 0.3 is 5.97 Å². The van der Waals surface area contributed by atoms with Gasteiger partial charge < -0.3 is 9.72 Å². The molecule has 0 unspecified atom stereocenters. The monoisotopic (exact) mass is 274 g/mol. The molecule has 20 heavy (non-hydrogen) atoms. The number of ether oxygens (including phenoxy) is 1. The van der Waals surface area contributed by atoms with E-state index in [-0.39, 0.29) is 11.1 Å². The maximum atomic E-state index is 12.0. The van der Waals surface area contributed by atoms with Crippen molar-refractivity contribution in [2.75, 3.05) is 6.61 Å². The normalized spacial score (nSPS) is 15.6. The molecular weight excluding hydrogens is 256 g/mol. The molecule has 5 nitrogen and oxygen atoms in total. The van der Waals surface area contributed by atoms with Gasteiger partial charge in [-0.1, -0.05) is 19.3 Å². The number of H-pyrrole nitrogens is 1. The van der Waals surface area contributed by atoms with Crippen molar-refractivity contribution in [1.29, 1.82) is 5.26 Å². The van der Waals surface area contributed by atoms with Gasteiger partial charge in [0.05, 0.1) is 12.2 Å². The fourth-order valence-corrected chi connectivity index (χ4v) is 2.54. The van der Waals surface area contributed by atoms with Crippen molar-refractivity contribution >= 4 is 5.97 Å². The average Bonchev–Trinajstić information content (AvgIpc) is 2.46. The smallest absolute Gasteiger partial charge is 0.339 e. The van der Waals surface area contributed by atoms with Gasteiger partial charge in [-0.05, 0) is 31.7 Å². The van der Waals surface area contributed by atoms with E-state index in [1.807, 2.05) is 0 Å². The van der Waals surface area contributed by atoms with E-state index >= 15 is 0 Å². The van der Waals surface area contributed by atoms with Crippen LogP contribution in [-0.4, -0.2) is 17.6 Å². The van der Waals surface area contributed by atoms with Crippen molar-refractivity contribution in [3.8, 4) is 6.07 Å². The third-order valence-corrected chi connectivity index (χ3v) is 3.75. The van der Waals surface area contributed by atoms with E-state index in [0.29, 0.717) is 18.2 Å². The standard InChI is InChI=1S/C15H18N2O3/c1-10-13(7-12(8-16)14(18)17-10)15(19)20-9-11-5-3-2-4-6-11/h7,11H,2-6,9H2,1H3,(H,17,18). The summed E-state index contributed by atoms with van der Waals surface area (Å²) < 4.78 is 5.32. The zero-order valence-electron chi connectivity index (χ0n) is 11.6. The third kappa shape index (κ3) is 3.27. The summed E-state index contributed by atoms with van der Waals surface area (Å²) in [5.74, 6) is -0.0352. The molecule has 0 atom stereocenters. The van der Waals surface area contributed by atoms with E-state index in [9.17, 15) is 9.59 Å². The van der Waals surface area contributed by atoms with Gasteiger partial charge in [-0.15, -0.1) is 0 Å². The van der Waals surface area contributed by atoms with Gasteiger partial charge in [-0.2, -0.15) is 5.26 Å². The summed E-state index contributed by atoms with van der Waals surface area (Å²) in [6, 6.07) is 3.07. The largest absolute Gasteiger partial charge is 0.462 e. The summed E-state index contributed by atoms with van der Waals surface area (Å²) in [4.78, 5) is 26.0. The number of esters is 1. The Bertz CT molecular complexity index is 592. The molecule has 0 saturated heterocycles. The van der Waals surface area contributed by atoms with Gasteiger partial charge in [0.1, 0.15) is 11.6 Å². The SMILES string of the molecule is Cc1[nH]c(=O)c(C#N)cc1C(=O)OCC1CCCCC1. The van der Waals surface area contributed by atoms with E-state index in [2.05, 4.69) is 4.98 Å². The molecule has 1 aromatic rings. The molecule has 1 aliphatic rings. The van der Waals surface area contributed by atoms with Crippen LogP contribution in [-0.2, 0) is 4.74 Å². The molecular formula is C15H18N2O3. The van der Waals surface area contributed by atoms with Gasteiger partial charge in [0, 0.05) is 5.69 Å². The molecule has 0 aliphatic heterocycles. The number of nitrogens with zero attached hydrogens (tertiary/aromatic N) is 1. The zero-order valence-corrected chi connectivity index (χ0v) is 11.6. The Morgan fingerprint density at radius 1 is 1.45 bits per heavy atom. The summed E-state index contributed by atoms with van der Waals surface area (Å²) >= 11 is 0. The minimum atomic E-state index is -0.478. The number of carbonyl (C=O) groups is 1. The van der Waals surface area contributed by atoms with Crippen LogP contribution >= 0.6 is 0 Å². The van der Waals surface area contributed by atoms with Gasteiger partial charge in [0.25, 0.3) is 5.56 Å². The molecule has 1 aromatic heterocycles. The summed E-state index contributed by atoms with van der Waals surface area (Å²) in [6.45, 7) is 2.04. The van der Waals surface area contributed by atoms with Crippen molar-refractivity contribution in [3.63, 3.8) is 0 Å². The lowest BCUT2D eigenvalue weighted by Crippen LogP contribution is -2.20. The van der Waals surface area contributed by atoms with Crippen LogP contribution in [0.25, 0.3) is 0 Å². The Hall–Kier alpha value is -2.09. The minimum Gasteiger partial charge on any atom is -0.462 e. The van der Waals surface area contributed by atoms with E-state index in [1.165, 1.54) is 25.3 Å². The third-order valence-electron chi connectivity index (χ3n) is 3.75. The number of nitriles is 1. The Morgan fingerprint density at radius 3 is 2.80 bits per heavy atom. The lowest BCUT2D eigenvalue weighted by Gasteiger charge is -2.21. The Balaban J connectivity index is 2.05. The van der Waals surface area contributed by atoms with Crippen LogP contribution in [0.4, 0.5) is 0 Å². The van der Waals surface area contributed by atoms with Crippen LogP contribution < -0.4 is 5.56 Å². The molecule has 1 saturated carbocycles. The maximum Gasteiger partial charge on any atom is 0.339 e. The van der Waals surface area contributed by atoms with E-state index < -0.39 is 11.5 Å². The van der Waals surface area contributed by atoms with Crippen molar-refractivity contribution in [2.24, 2.45) is 5.92 Å². The second-order valence-electron chi connectivity index (χ2n) is 5.27. The van der Waals surface area contributed by atoms with Gasteiger partial charge in [0.15, 0.2) is 0 Å². The predicted octanol–water partition coefficient (Wildman–Crippen LogP) is 2.29. The lowest BCUT2D eigenvalue weighted by molar-refractivity contribution is 0.0409. The molecule has 0 aromatic carbocycles. The van der Waals surface area contributed by atoms with Crippen LogP contribution in [0.1, 0.15) is 53.7 Å². The molecule has 5 heteroatoms. The Kier molecular flexibility index (Phi) is 4.57. The highest BCUT2D eigenvalue weighted by Crippen LogP contribution is 2.24. The number of pyridine rings is 1. The average molecular weight is 274 g/mol. The minimum absolute atomic E-state index is 0.0692. The summed E-state index contributed by atoms with van der Waals surface area (Å²) in [6.07, 6.45) is 5.84. The van der Waals surface area contributed by atoms with Gasteiger partial charge in [-0.3, -0.25) is 4.79 Å². The topological polar surface area (TPSA) is 83.0 Å². The second kappa shape index (κ2) is 6.38. The molecule has 106 valence electrons. The number of aromatic amines is 1. The van der Waals surface area contributed by atoms with E-state index in [4.69, 9.17) is 10.00 Å². The molecule has 1 aliphatic carbocycles. The van der Waals surface area contributed by atoms with Gasteiger partial charge in [0.2, 0.25) is 0 Å². The van der Waals surface area contributed by atoms with Crippen molar-refractivity contribution < 1.29 is 9.53 Å². The van der Waals surface area contributed by atoms with Crippen molar-refractivity contribution in [1.82, 2.24) is 4.98 Å². The highest BCUT2D eigenvalue weighted by molar-refractivity contribution is 5.90. The molecule has 0 spiro atoms. The quantitative estimate of drug-likeness (QED) is 0.857. The first-order valence-corrected chi connectivity index (χ1v) is 6.93. The van der Waals surface area contributed by atoms with Crippen LogP contribution in [0.2, 0.25) is 0 Å². The predicted molar refractivity (Wildman–Crippen MR) is 73.4 cm³/mol. The van der Waals surface area contributed by atoms with Crippen molar-refractivity contribution in [2.45, 2.75) is 39.0 Å². The fraction of sp³-hybridized carbons (Fsp3) is 0.533. The summed E-state index contributed by atoms with van der Waals surface area (Å²) in [5.41, 5.74) is 0.147. The molecule has 1 heterocycles. The first-order valence-electron chi connectivity index (χ1n) is 6.93. The van der Waals surface area contributed by atoms with Crippen LogP contribution in [0, 0.1) is 24.2 Å². The number of nitrogens with one attached hydrogen (secondary N) is 1. The summed E-state index contributed by atoms with van der Waals surface area (Å²) in [7, 11) is 0. The first kappa shape index (κ1) is 14.3. The Labute approximate surface area is 117 Å². The lowest BCUT2D eigenvalue weighted by atomic mass is 9.90. The van der Waals surface area contributed by atoms with Crippen LogP contribution in [0.15, 0.2) is 10.9 Å². The summed E-state index contributed by atoms with van der Waals surface area (Å²) in [5, 5.41) is 8.83.